The normalized spacial score (nSPS) is 21.4. The van der Waals surface area contributed by atoms with Gasteiger partial charge in [-0.2, -0.15) is 5.10 Å². The van der Waals surface area contributed by atoms with Crippen molar-refractivity contribution in [3.63, 3.8) is 0 Å². The lowest BCUT2D eigenvalue weighted by molar-refractivity contribution is -0.139. The van der Waals surface area contributed by atoms with Crippen LogP contribution in [-0.2, 0) is 23.8 Å². The second-order valence-electron chi connectivity index (χ2n) is 7.90. The molecule has 0 spiro atoms. The van der Waals surface area contributed by atoms with E-state index in [2.05, 4.69) is 30.5 Å². The molecule has 16 heteroatoms. The zero-order valence-electron chi connectivity index (χ0n) is 20.3. The van der Waals surface area contributed by atoms with Crippen LogP contribution in [-0.4, -0.2) is 101 Å². The molecule has 4 heterocycles. The van der Waals surface area contributed by atoms with Crippen molar-refractivity contribution >= 4 is 35.2 Å². The van der Waals surface area contributed by atoms with Crippen molar-refractivity contribution in [2.75, 3.05) is 25.1 Å². The van der Waals surface area contributed by atoms with Crippen molar-refractivity contribution < 1.29 is 43.9 Å². The third-order valence-corrected chi connectivity index (χ3v) is 5.56. The maximum absolute atomic E-state index is 12.4. The Bertz CT molecular complexity index is 1370. The number of aliphatic hydroxyl groups is 3. The van der Waals surface area contributed by atoms with Gasteiger partial charge in [0.15, 0.2) is 35.3 Å². The predicted molar refractivity (Wildman–Crippen MR) is 126 cm³/mol. The molecule has 3 aromatic rings. The van der Waals surface area contributed by atoms with E-state index < -0.39 is 43.1 Å². The smallest absolute Gasteiger partial charge is 0.342 e. The van der Waals surface area contributed by atoms with Gasteiger partial charge in [-0.3, -0.25) is 14.5 Å². The van der Waals surface area contributed by atoms with E-state index >= 15 is 0 Å². The van der Waals surface area contributed by atoms with Crippen LogP contribution in [0.5, 0.6) is 0 Å². The fourth-order valence-electron chi connectivity index (χ4n) is 3.75. The number of nitrogens with zero attached hydrogens (tertiary/aromatic N) is 5. The Morgan fingerprint density at radius 2 is 1.97 bits per heavy atom. The van der Waals surface area contributed by atoms with E-state index in [0.29, 0.717) is 6.29 Å². The molecule has 0 aromatic carbocycles. The number of aldehydes is 1. The minimum absolute atomic E-state index is 0.00282. The topological polar surface area (TPSA) is 224 Å². The lowest BCUT2D eigenvalue weighted by atomic mass is 10.1. The summed E-state index contributed by atoms with van der Waals surface area (Å²) in [5.74, 6) is -1.64. The molecule has 1 aliphatic rings. The molecule has 5 N–H and O–H groups in total. The van der Waals surface area contributed by atoms with Gasteiger partial charge >= 0.3 is 11.9 Å². The van der Waals surface area contributed by atoms with Gasteiger partial charge in [0.25, 0.3) is 0 Å². The van der Waals surface area contributed by atoms with E-state index in [1.54, 1.807) is 13.8 Å². The number of H-pyrrole nitrogens is 1. The molecular formula is C22H25N7O9. The lowest BCUT2D eigenvalue weighted by Crippen LogP contribution is -2.33. The highest BCUT2D eigenvalue weighted by molar-refractivity contribution is 6.08. The first kappa shape index (κ1) is 26.8. The van der Waals surface area contributed by atoms with Crippen LogP contribution in [0.2, 0.25) is 0 Å². The number of hydrogen-bond donors (Lipinski definition) is 5. The Morgan fingerprint density at radius 3 is 2.63 bits per heavy atom. The predicted octanol–water partition coefficient (Wildman–Crippen LogP) is -0.938. The third kappa shape index (κ3) is 4.97. The van der Waals surface area contributed by atoms with Crippen LogP contribution in [0.15, 0.2) is 24.3 Å². The molecule has 0 aliphatic carbocycles. The van der Waals surface area contributed by atoms with Crippen molar-refractivity contribution in [3.8, 4) is 11.5 Å². The van der Waals surface area contributed by atoms with Crippen LogP contribution >= 0.6 is 0 Å². The number of imidazole rings is 1. The molecule has 202 valence electrons. The molecule has 4 atom stereocenters. The van der Waals surface area contributed by atoms with Crippen LogP contribution in [0.1, 0.15) is 30.4 Å². The van der Waals surface area contributed by atoms with Gasteiger partial charge in [0.05, 0.1) is 26.1 Å². The number of aliphatic hydroxyl groups excluding tert-OH is 3. The van der Waals surface area contributed by atoms with E-state index in [0.717, 1.165) is 6.20 Å². The lowest BCUT2D eigenvalue weighted by Gasteiger charge is -2.17. The molecule has 0 bridgehead atoms. The van der Waals surface area contributed by atoms with Crippen LogP contribution in [0.4, 0.5) is 5.82 Å². The van der Waals surface area contributed by atoms with Gasteiger partial charge in [-0.15, -0.1) is 0 Å². The molecule has 4 rings (SSSR count). The van der Waals surface area contributed by atoms with Crippen molar-refractivity contribution in [2.24, 2.45) is 0 Å². The summed E-state index contributed by atoms with van der Waals surface area (Å²) in [6.07, 6.45) is -1.13. The largest absolute Gasteiger partial charge is 0.462 e. The Hall–Kier alpha value is -4.25. The second-order valence-corrected chi connectivity index (χ2v) is 7.90. The summed E-state index contributed by atoms with van der Waals surface area (Å²) < 4.78 is 16.8. The average molecular weight is 531 g/mol. The number of fused-ring (bicyclic) bond motifs is 1. The molecule has 3 aromatic heterocycles. The summed E-state index contributed by atoms with van der Waals surface area (Å²) >= 11 is 0. The minimum atomic E-state index is -1.44. The number of anilines is 1. The Balaban J connectivity index is 1.85. The van der Waals surface area contributed by atoms with Gasteiger partial charge in [0.1, 0.15) is 35.1 Å². The molecule has 1 saturated heterocycles. The number of rotatable bonds is 10. The van der Waals surface area contributed by atoms with Gasteiger partial charge in [0, 0.05) is 12.4 Å². The van der Waals surface area contributed by atoms with Crippen molar-refractivity contribution in [2.45, 2.75) is 38.4 Å². The van der Waals surface area contributed by atoms with E-state index in [1.165, 1.54) is 17.1 Å². The van der Waals surface area contributed by atoms with Crippen LogP contribution in [0.25, 0.3) is 22.7 Å². The average Bonchev–Trinajstić information content (AvgIpc) is 3.63. The van der Waals surface area contributed by atoms with Crippen molar-refractivity contribution in [1.82, 2.24) is 29.7 Å². The summed E-state index contributed by atoms with van der Waals surface area (Å²) in [6.45, 7) is 2.85. The van der Waals surface area contributed by atoms with Gasteiger partial charge in [-0.1, -0.05) is 0 Å². The molecule has 0 radical (unpaired) electrons. The zero-order chi connectivity index (χ0) is 27.4. The fraction of sp³-hybridized carbons (Fsp3) is 0.409. The zero-order valence-corrected chi connectivity index (χ0v) is 20.3. The number of esters is 2. The fourth-order valence-corrected chi connectivity index (χ4v) is 3.75. The molecule has 0 amide bonds. The Labute approximate surface area is 214 Å². The highest BCUT2D eigenvalue weighted by atomic mass is 16.6. The molecule has 0 saturated carbocycles. The summed E-state index contributed by atoms with van der Waals surface area (Å²) in [7, 11) is 0. The van der Waals surface area contributed by atoms with Gasteiger partial charge in [0.2, 0.25) is 0 Å². The summed E-state index contributed by atoms with van der Waals surface area (Å²) in [5, 5.41) is 39.6. The highest BCUT2D eigenvalue weighted by Crippen LogP contribution is 2.33. The number of carbonyl (C=O) groups excluding carboxylic acids is 3. The minimum Gasteiger partial charge on any atom is -0.462 e. The summed E-state index contributed by atoms with van der Waals surface area (Å²) in [5.41, 5.74) is -0.0958. The van der Waals surface area contributed by atoms with Crippen LogP contribution in [0.3, 0.4) is 0 Å². The Kier molecular flexibility index (Phi) is 8.06. The maximum atomic E-state index is 12.4. The molecule has 16 nitrogen and oxygen atoms in total. The number of aromatic amines is 1. The molecular weight excluding hydrogens is 506 g/mol. The van der Waals surface area contributed by atoms with Crippen molar-refractivity contribution in [1.29, 1.82) is 0 Å². The Morgan fingerprint density at radius 1 is 1.21 bits per heavy atom. The first-order valence-electron chi connectivity index (χ1n) is 11.5. The quantitative estimate of drug-likeness (QED) is 0.0700. The molecule has 0 unspecified atom stereocenters. The number of aromatic nitrogens is 6. The van der Waals surface area contributed by atoms with Gasteiger partial charge in [-0.05, 0) is 13.8 Å². The van der Waals surface area contributed by atoms with Gasteiger partial charge in [-0.25, -0.2) is 24.5 Å². The highest BCUT2D eigenvalue weighted by Gasteiger charge is 2.44. The number of hydrogen-bond acceptors (Lipinski definition) is 14. The second kappa shape index (κ2) is 11.4. The van der Waals surface area contributed by atoms with E-state index in [1.807, 2.05) is 0 Å². The van der Waals surface area contributed by atoms with Gasteiger partial charge < -0.3 is 34.8 Å². The third-order valence-electron chi connectivity index (χ3n) is 5.56. The first-order chi connectivity index (χ1) is 18.3. The van der Waals surface area contributed by atoms with E-state index in [4.69, 9.17) is 14.2 Å². The van der Waals surface area contributed by atoms with E-state index in [9.17, 15) is 29.7 Å². The van der Waals surface area contributed by atoms with E-state index in [-0.39, 0.29) is 52.9 Å². The summed E-state index contributed by atoms with van der Waals surface area (Å²) in [4.78, 5) is 49.0. The van der Waals surface area contributed by atoms with Crippen LogP contribution < -0.4 is 5.32 Å². The van der Waals surface area contributed by atoms with Crippen LogP contribution in [0, 0.1) is 0 Å². The number of ether oxygens (including phenoxy) is 3. The molecule has 1 fully saturated rings. The monoisotopic (exact) mass is 531 g/mol. The molecule has 38 heavy (non-hydrogen) atoms. The van der Waals surface area contributed by atoms with Crippen molar-refractivity contribution in [3.05, 3.63) is 29.9 Å². The first-order valence-corrected chi connectivity index (χ1v) is 11.5. The maximum Gasteiger partial charge on any atom is 0.342 e. The number of nitrogens with one attached hydrogen (secondary N) is 2. The summed E-state index contributed by atoms with van der Waals surface area (Å²) in [6, 6.07) is 0. The SMILES string of the molecule is CCOC(=O)/C(C=O)=C/Nc1nc(-c2n[nH]cc2C(=O)OCC)nc2c1ncn2[C@@H]1O[C@H](CO)[C@@H](O)[C@H]1O. The number of carbonyl (C=O) groups is 3. The molecule has 1 aliphatic heterocycles. The standard InChI is InChI=1S/C22H25N7O9/c1-3-36-21(34)10(7-30)5-23-17-14-19(29(9-24-14)20-16(33)15(32)12(8-31)38-20)27-18(26-17)13-11(6-25-28-13)22(35)37-4-2/h5-7,9,12,15-16,20,31-33H,3-4,8H2,1-2H3,(H,25,28)(H,23,26,27)/b10-5+/t12-,15-,16-,20-/m1/s1.